The molecule has 12 nitrogen and oxygen atoms in total. The summed E-state index contributed by atoms with van der Waals surface area (Å²) in [7, 11) is -2.30. The van der Waals surface area contributed by atoms with Crippen LogP contribution in [0.1, 0.15) is 43.7 Å². The summed E-state index contributed by atoms with van der Waals surface area (Å²) >= 11 is 0. The molecule has 0 saturated carbocycles. The first-order chi connectivity index (χ1) is 20.1. The van der Waals surface area contributed by atoms with Crippen LogP contribution in [0.4, 0.5) is 5.69 Å². The van der Waals surface area contributed by atoms with Crippen molar-refractivity contribution in [1.29, 1.82) is 5.41 Å². The number of nitrogens with two attached hydrogens (primary N) is 1. The molecule has 1 fully saturated rings. The number of sulfonamides is 1. The second kappa shape index (κ2) is 14.0. The lowest BCUT2D eigenvalue weighted by Crippen LogP contribution is -2.61. The molecule has 2 aromatic carbocycles. The van der Waals surface area contributed by atoms with Gasteiger partial charge in [0.2, 0.25) is 21.8 Å². The predicted octanol–water partition coefficient (Wildman–Crippen LogP) is 1.69. The van der Waals surface area contributed by atoms with E-state index >= 15 is 0 Å². The third kappa shape index (κ3) is 7.78. The van der Waals surface area contributed by atoms with Crippen molar-refractivity contribution < 1.29 is 27.5 Å². The van der Waals surface area contributed by atoms with Crippen molar-refractivity contribution in [1.82, 2.24) is 14.9 Å². The number of fused-ring (bicyclic) bond motifs is 1. The van der Waals surface area contributed by atoms with Crippen LogP contribution in [0.2, 0.25) is 0 Å². The van der Waals surface area contributed by atoms with E-state index in [1.54, 1.807) is 54.5 Å². The average molecular weight is 601 g/mol. The Hall–Kier alpha value is -3.68. The molecule has 2 amide bonds. The fraction of sp³-hybridized carbons (Fsp3) is 0.483. The summed E-state index contributed by atoms with van der Waals surface area (Å²) in [4.78, 5) is 30.4. The van der Waals surface area contributed by atoms with Gasteiger partial charge in [-0.05, 0) is 68.4 Å². The number of ether oxygens (including phenoxy) is 2. The van der Waals surface area contributed by atoms with E-state index in [1.807, 2.05) is 13.0 Å². The normalized spacial score (nSPS) is 21.2. The number of carbonyl (C=O) groups excluding carboxylic acids is 2. The van der Waals surface area contributed by atoms with Gasteiger partial charge in [0.1, 0.15) is 18.3 Å². The highest BCUT2D eigenvalue weighted by molar-refractivity contribution is 7.88. The second-order valence-corrected chi connectivity index (χ2v) is 12.2. The van der Waals surface area contributed by atoms with Crippen LogP contribution in [0.25, 0.3) is 0 Å². The Kier molecular flexibility index (Phi) is 10.4. The van der Waals surface area contributed by atoms with Crippen molar-refractivity contribution in [3.8, 4) is 5.75 Å². The van der Waals surface area contributed by atoms with E-state index in [0.717, 1.165) is 5.56 Å². The third-order valence-corrected chi connectivity index (χ3v) is 8.82. The zero-order valence-electron chi connectivity index (χ0n) is 24.0. The predicted molar refractivity (Wildman–Crippen MR) is 159 cm³/mol. The molecule has 5 N–H and O–H groups in total. The molecule has 1 saturated heterocycles. The first kappa shape index (κ1) is 31.3. The van der Waals surface area contributed by atoms with E-state index in [4.69, 9.17) is 20.6 Å². The molecule has 0 spiro atoms. The number of nitrogens with zero attached hydrogens (tertiary/aromatic N) is 2. The summed E-state index contributed by atoms with van der Waals surface area (Å²) in [5.74, 6) is -0.726. The minimum atomic E-state index is -3.86. The van der Waals surface area contributed by atoms with Gasteiger partial charge in [-0.15, -0.1) is 0 Å². The van der Waals surface area contributed by atoms with Crippen LogP contribution in [0.15, 0.2) is 48.5 Å². The maximum atomic E-state index is 14.0. The Morgan fingerprint density at radius 3 is 2.60 bits per heavy atom. The number of benzene rings is 2. The number of hydrogen-bond donors (Lipinski definition) is 4. The maximum Gasteiger partial charge on any atom is 0.245 e. The highest BCUT2D eigenvalue weighted by atomic mass is 32.2. The van der Waals surface area contributed by atoms with E-state index in [2.05, 4.69) is 10.0 Å². The van der Waals surface area contributed by atoms with Crippen molar-refractivity contribution in [2.45, 2.75) is 63.1 Å². The Morgan fingerprint density at radius 2 is 1.90 bits per heavy atom. The number of aryl methyl sites for hydroxylation is 1. The molecule has 2 aliphatic rings. The Balaban J connectivity index is 1.58. The Morgan fingerprint density at radius 1 is 1.14 bits per heavy atom. The molecule has 2 heterocycles. The first-order valence-corrected chi connectivity index (χ1v) is 15.8. The molecule has 0 aromatic heterocycles. The summed E-state index contributed by atoms with van der Waals surface area (Å²) in [6.45, 7) is 2.40. The molecule has 1 unspecified atom stereocenters. The molecule has 3 atom stereocenters. The van der Waals surface area contributed by atoms with Gasteiger partial charge in [-0.2, -0.15) is 0 Å². The maximum absolute atomic E-state index is 14.0. The summed E-state index contributed by atoms with van der Waals surface area (Å²) in [6.07, 6.45) is 2.10. The van der Waals surface area contributed by atoms with E-state index < -0.39 is 40.1 Å². The topological polar surface area (TPSA) is 167 Å². The zero-order valence-corrected chi connectivity index (χ0v) is 24.9. The number of guanidine groups is 1. The molecule has 0 aliphatic carbocycles. The van der Waals surface area contributed by atoms with Gasteiger partial charge >= 0.3 is 0 Å². The molecule has 2 aromatic rings. The lowest BCUT2D eigenvalue weighted by Gasteiger charge is -2.41. The molecule has 228 valence electrons. The molecule has 4 rings (SSSR count). The van der Waals surface area contributed by atoms with Crippen LogP contribution in [0.3, 0.4) is 0 Å². The lowest BCUT2D eigenvalue weighted by molar-refractivity contribution is -0.127. The number of likely N-dealkylation sites (tertiary alicyclic amines) is 1. The number of rotatable bonds is 10. The van der Waals surface area contributed by atoms with E-state index in [-0.39, 0.29) is 24.7 Å². The Bertz CT molecular complexity index is 1370. The Labute approximate surface area is 247 Å². The number of amides is 2. The highest BCUT2D eigenvalue weighted by Gasteiger charge is 2.36. The molecule has 2 aliphatic heterocycles. The number of piperidine rings is 1. The van der Waals surface area contributed by atoms with Crippen molar-refractivity contribution in [2.75, 3.05) is 31.7 Å². The summed E-state index contributed by atoms with van der Waals surface area (Å²) in [5.41, 5.74) is 7.73. The number of hydrogen-bond acceptors (Lipinski definition) is 7. The van der Waals surface area contributed by atoms with Crippen molar-refractivity contribution in [3.05, 3.63) is 59.7 Å². The van der Waals surface area contributed by atoms with Crippen molar-refractivity contribution in [3.63, 3.8) is 0 Å². The summed E-state index contributed by atoms with van der Waals surface area (Å²) in [5, 5.41) is 10.9. The minimum Gasteiger partial charge on any atom is -0.497 e. The SMILES string of the molecule is CCOC1[C@H](NC(=O)CN2C(=O)[C@@H](NS(=O)(=O)Cc3ccccc3)CCCc3cc(OC)ccc32)CCCN1C(=N)N. The van der Waals surface area contributed by atoms with Gasteiger partial charge in [0.25, 0.3) is 0 Å². The van der Waals surface area contributed by atoms with Crippen LogP contribution in [-0.4, -0.2) is 76.2 Å². The van der Waals surface area contributed by atoms with Gasteiger partial charge in [0.15, 0.2) is 12.2 Å². The van der Waals surface area contributed by atoms with Crippen LogP contribution in [0, 0.1) is 5.41 Å². The number of nitrogens with one attached hydrogen (secondary N) is 3. The molecule has 0 radical (unpaired) electrons. The van der Waals surface area contributed by atoms with Crippen LogP contribution < -0.4 is 25.4 Å². The summed E-state index contributed by atoms with van der Waals surface area (Å²) in [6, 6.07) is 12.5. The molecule has 42 heavy (non-hydrogen) atoms. The van der Waals surface area contributed by atoms with Gasteiger partial charge in [-0.3, -0.25) is 15.0 Å². The first-order valence-electron chi connectivity index (χ1n) is 14.2. The zero-order chi connectivity index (χ0) is 30.3. The van der Waals surface area contributed by atoms with Crippen molar-refractivity contribution in [2.24, 2.45) is 5.73 Å². The van der Waals surface area contributed by atoms with Crippen LogP contribution >= 0.6 is 0 Å². The molecular weight excluding hydrogens is 560 g/mol. The number of anilines is 1. The van der Waals surface area contributed by atoms with Gasteiger partial charge in [-0.1, -0.05) is 30.3 Å². The summed E-state index contributed by atoms with van der Waals surface area (Å²) < 4.78 is 40.0. The molecular formula is C29H40N6O6S. The van der Waals surface area contributed by atoms with E-state index in [0.29, 0.717) is 55.8 Å². The van der Waals surface area contributed by atoms with Gasteiger partial charge in [0.05, 0.1) is 18.9 Å². The molecule has 0 bridgehead atoms. The fourth-order valence-electron chi connectivity index (χ4n) is 5.55. The van der Waals surface area contributed by atoms with Gasteiger partial charge in [-0.25, -0.2) is 13.1 Å². The highest BCUT2D eigenvalue weighted by Crippen LogP contribution is 2.30. The standard InChI is InChI=1S/C29H40N6O6S/c1-3-41-28-24(13-8-16-34(28)29(30)31)32-26(36)18-35-25-15-14-22(40-2)17-21(25)11-7-12-23(27(35)37)33-42(38,39)19-20-9-5-4-6-10-20/h4-6,9-10,14-15,17,23-24,28,33H,3,7-8,11-13,16,18-19H2,1-2H3,(H3,30,31)(H,32,36)/t23-,24+,28?/m0/s1. The van der Waals surface area contributed by atoms with Crippen molar-refractivity contribution >= 4 is 33.5 Å². The minimum absolute atomic E-state index is 0.139. The van der Waals surface area contributed by atoms with Crippen LogP contribution in [0.5, 0.6) is 5.75 Å². The number of methoxy groups -OCH3 is 1. The number of carbonyl (C=O) groups is 2. The van der Waals surface area contributed by atoms with Gasteiger partial charge in [0, 0.05) is 18.8 Å². The smallest absolute Gasteiger partial charge is 0.245 e. The fourth-order valence-corrected chi connectivity index (χ4v) is 6.91. The monoisotopic (exact) mass is 600 g/mol. The van der Waals surface area contributed by atoms with E-state index in [9.17, 15) is 18.0 Å². The van der Waals surface area contributed by atoms with E-state index in [1.165, 1.54) is 4.90 Å². The second-order valence-electron chi connectivity index (χ2n) is 10.5. The quantitative estimate of drug-likeness (QED) is 0.236. The third-order valence-electron chi connectivity index (χ3n) is 7.46. The van der Waals surface area contributed by atoms with Crippen LogP contribution in [-0.2, 0) is 36.5 Å². The molecule has 13 heteroatoms. The largest absolute Gasteiger partial charge is 0.497 e. The lowest BCUT2D eigenvalue weighted by atomic mass is 9.98. The van der Waals surface area contributed by atoms with Gasteiger partial charge < -0.3 is 30.3 Å². The average Bonchev–Trinajstić information content (AvgIpc) is 2.95.